The van der Waals surface area contributed by atoms with Gasteiger partial charge in [0.25, 0.3) is 5.91 Å². The van der Waals surface area contributed by atoms with E-state index in [2.05, 4.69) is 24.1 Å². The van der Waals surface area contributed by atoms with Crippen LogP contribution in [0, 0.1) is 0 Å². The molecule has 0 aliphatic carbocycles. The number of amides is 1. The Hall–Kier alpha value is -1.60. The van der Waals surface area contributed by atoms with Crippen LogP contribution in [-0.4, -0.2) is 57.7 Å². The van der Waals surface area contributed by atoms with Crippen LogP contribution in [0.2, 0.25) is 0 Å². The fourth-order valence-electron chi connectivity index (χ4n) is 2.70. The normalized spacial score (nSPS) is 16.7. The summed E-state index contributed by atoms with van der Waals surface area (Å²) in [4.78, 5) is 14.5. The highest BCUT2D eigenvalue weighted by Crippen LogP contribution is 2.24. The fourth-order valence-corrected chi connectivity index (χ4v) is 4.26. The molecule has 1 fully saturated rings. The van der Waals surface area contributed by atoms with Gasteiger partial charge in [0.2, 0.25) is 10.0 Å². The first kappa shape index (κ1) is 17.7. The molecule has 2 rings (SSSR count). The van der Waals surface area contributed by atoms with E-state index in [0.29, 0.717) is 30.8 Å². The van der Waals surface area contributed by atoms with E-state index in [4.69, 9.17) is 0 Å². The highest BCUT2D eigenvalue weighted by atomic mass is 32.2. The Balaban J connectivity index is 2.01. The monoisotopic (exact) mass is 339 g/mol. The number of carbonyl (C=O) groups is 1. The van der Waals surface area contributed by atoms with Crippen molar-refractivity contribution in [2.24, 2.45) is 0 Å². The Bertz CT molecular complexity index is 642. The summed E-state index contributed by atoms with van der Waals surface area (Å²) < 4.78 is 25.3. The molecule has 0 unspecified atom stereocenters. The Morgan fingerprint density at radius 3 is 2.65 bits per heavy atom. The van der Waals surface area contributed by atoms with Gasteiger partial charge in [0.05, 0.1) is 11.4 Å². The Morgan fingerprint density at radius 1 is 1.30 bits per heavy atom. The molecular formula is C16H25N3O3S. The molecule has 1 N–H and O–H groups in total. The maximum absolute atomic E-state index is 12.2. The van der Waals surface area contributed by atoms with E-state index in [-0.39, 0.29) is 11.7 Å². The first-order chi connectivity index (χ1) is 11.0. The van der Waals surface area contributed by atoms with Crippen LogP contribution in [0.3, 0.4) is 0 Å². The van der Waals surface area contributed by atoms with Gasteiger partial charge >= 0.3 is 0 Å². The number of carbonyl (C=O) groups excluding carboxylic acids is 1. The van der Waals surface area contributed by atoms with Gasteiger partial charge in [0.1, 0.15) is 0 Å². The predicted octanol–water partition coefficient (Wildman–Crippen LogP) is 1.30. The minimum Gasteiger partial charge on any atom is -0.351 e. The van der Waals surface area contributed by atoms with Crippen LogP contribution in [0.15, 0.2) is 24.3 Å². The Labute approximate surface area is 138 Å². The minimum absolute atomic E-state index is 0.171. The summed E-state index contributed by atoms with van der Waals surface area (Å²) in [5.41, 5.74) is 1.06. The summed E-state index contributed by atoms with van der Waals surface area (Å²) >= 11 is 0. The summed E-state index contributed by atoms with van der Waals surface area (Å²) in [7, 11) is -3.22. The van der Waals surface area contributed by atoms with E-state index in [9.17, 15) is 13.2 Å². The lowest BCUT2D eigenvalue weighted by molar-refractivity contribution is 0.0949. The summed E-state index contributed by atoms with van der Waals surface area (Å²) in [6, 6.07) is 6.81. The average molecular weight is 339 g/mol. The molecule has 1 amide bonds. The zero-order valence-electron chi connectivity index (χ0n) is 13.8. The second-order valence-corrected chi connectivity index (χ2v) is 7.59. The maximum atomic E-state index is 12.2. The van der Waals surface area contributed by atoms with Crippen molar-refractivity contribution < 1.29 is 13.2 Å². The fraction of sp³-hybridized carbons (Fsp3) is 0.562. The zero-order chi connectivity index (χ0) is 16.9. The van der Waals surface area contributed by atoms with Crippen LogP contribution in [-0.2, 0) is 10.0 Å². The lowest BCUT2D eigenvalue weighted by Crippen LogP contribution is -2.34. The number of nitrogens with zero attached hydrogens (tertiary/aromatic N) is 2. The molecular weight excluding hydrogens is 314 g/mol. The number of anilines is 1. The van der Waals surface area contributed by atoms with E-state index in [1.165, 1.54) is 4.31 Å². The van der Waals surface area contributed by atoms with Gasteiger partial charge in [-0.1, -0.05) is 19.9 Å². The second kappa shape index (κ2) is 7.79. The van der Waals surface area contributed by atoms with Gasteiger partial charge in [0, 0.05) is 25.2 Å². The largest absolute Gasteiger partial charge is 0.351 e. The number of hydrogen-bond acceptors (Lipinski definition) is 4. The standard InChI is InChI=1S/C16H25N3O3S/c1-3-18(4-2)11-9-17-16(20)14-7-5-8-15(13-14)19-10-6-12-23(19,21)22/h5,7-8,13H,3-4,6,9-12H2,1-2H3,(H,17,20). The molecule has 0 atom stereocenters. The van der Waals surface area contributed by atoms with E-state index in [1.807, 2.05) is 0 Å². The molecule has 0 radical (unpaired) electrons. The Kier molecular flexibility index (Phi) is 6.01. The highest BCUT2D eigenvalue weighted by molar-refractivity contribution is 7.93. The summed E-state index contributed by atoms with van der Waals surface area (Å²) in [5.74, 6) is 0.00316. The van der Waals surface area contributed by atoms with Gasteiger partial charge in [-0.05, 0) is 37.7 Å². The number of benzene rings is 1. The first-order valence-corrected chi connectivity index (χ1v) is 9.70. The lowest BCUT2D eigenvalue weighted by atomic mass is 10.2. The Morgan fingerprint density at radius 2 is 2.04 bits per heavy atom. The van der Waals surface area contributed by atoms with Crippen molar-refractivity contribution in [3.8, 4) is 0 Å². The molecule has 0 aromatic heterocycles. The molecule has 6 nitrogen and oxygen atoms in total. The number of hydrogen-bond donors (Lipinski definition) is 1. The lowest BCUT2D eigenvalue weighted by Gasteiger charge is -2.19. The van der Waals surface area contributed by atoms with Gasteiger partial charge in [-0.15, -0.1) is 0 Å². The summed E-state index contributed by atoms with van der Waals surface area (Å²) in [6.45, 7) is 7.95. The van der Waals surface area contributed by atoms with Crippen molar-refractivity contribution >= 4 is 21.6 Å². The number of rotatable bonds is 7. The van der Waals surface area contributed by atoms with Crippen molar-refractivity contribution in [1.82, 2.24) is 10.2 Å². The van der Waals surface area contributed by atoms with Crippen LogP contribution >= 0.6 is 0 Å². The van der Waals surface area contributed by atoms with Crippen molar-refractivity contribution in [3.05, 3.63) is 29.8 Å². The third-order valence-electron chi connectivity index (χ3n) is 4.10. The van der Waals surface area contributed by atoms with Gasteiger partial charge in [-0.25, -0.2) is 8.42 Å². The molecule has 0 spiro atoms. The average Bonchev–Trinajstić information content (AvgIpc) is 2.91. The molecule has 1 heterocycles. The smallest absolute Gasteiger partial charge is 0.251 e. The van der Waals surface area contributed by atoms with E-state index >= 15 is 0 Å². The van der Waals surface area contributed by atoms with Gasteiger partial charge in [0.15, 0.2) is 0 Å². The quantitative estimate of drug-likeness (QED) is 0.813. The second-order valence-electron chi connectivity index (χ2n) is 5.57. The molecule has 1 aromatic carbocycles. The third-order valence-corrected chi connectivity index (χ3v) is 5.97. The molecule has 1 aliphatic rings. The van der Waals surface area contributed by atoms with Crippen LogP contribution in [0.1, 0.15) is 30.6 Å². The van der Waals surface area contributed by atoms with Crippen molar-refractivity contribution in [2.75, 3.05) is 42.8 Å². The molecule has 1 saturated heterocycles. The molecule has 1 aliphatic heterocycles. The van der Waals surface area contributed by atoms with E-state index in [0.717, 1.165) is 19.6 Å². The highest BCUT2D eigenvalue weighted by Gasteiger charge is 2.28. The predicted molar refractivity (Wildman–Crippen MR) is 92.3 cm³/mol. The van der Waals surface area contributed by atoms with Gasteiger partial charge in [-0.3, -0.25) is 9.10 Å². The molecule has 7 heteroatoms. The molecule has 0 saturated carbocycles. The number of nitrogens with one attached hydrogen (secondary N) is 1. The van der Waals surface area contributed by atoms with Gasteiger partial charge < -0.3 is 10.2 Å². The first-order valence-electron chi connectivity index (χ1n) is 8.09. The van der Waals surface area contributed by atoms with Crippen molar-refractivity contribution in [3.63, 3.8) is 0 Å². The van der Waals surface area contributed by atoms with Crippen LogP contribution in [0.4, 0.5) is 5.69 Å². The molecule has 128 valence electrons. The van der Waals surface area contributed by atoms with E-state index < -0.39 is 10.0 Å². The van der Waals surface area contributed by atoms with E-state index in [1.54, 1.807) is 24.3 Å². The maximum Gasteiger partial charge on any atom is 0.251 e. The molecule has 1 aromatic rings. The zero-order valence-corrected chi connectivity index (χ0v) is 14.6. The number of likely N-dealkylation sites (N-methyl/N-ethyl adjacent to an activating group) is 1. The summed E-state index contributed by atoms with van der Waals surface area (Å²) in [5, 5.41) is 2.89. The topological polar surface area (TPSA) is 69.7 Å². The van der Waals surface area contributed by atoms with Crippen molar-refractivity contribution in [2.45, 2.75) is 20.3 Å². The molecule has 0 bridgehead atoms. The van der Waals surface area contributed by atoms with Crippen LogP contribution in [0.25, 0.3) is 0 Å². The SMILES string of the molecule is CCN(CC)CCNC(=O)c1cccc(N2CCCS2(=O)=O)c1. The minimum atomic E-state index is -3.22. The van der Waals surface area contributed by atoms with Crippen LogP contribution < -0.4 is 9.62 Å². The molecule has 23 heavy (non-hydrogen) atoms. The van der Waals surface area contributed by atoms with Crippen molar-refractivity contribution in [1.29, 1.82) is 0 Å². The van der Waals surface area contributed by atoms with Crippen LogP contribution in [0.5, 0.6) is 0 Å². The number of sulfonamides is 1. The third kappa shape index (κ3) is 4.45. The van der Waals surface area contributed by atoms with Gasteiger partial charge in [-0.2, -0.15) is 0 Å². The summed E-state index contributed by atoms with van der Waals surface area (Å²) in [6.07, 6.45) is 0.628.